The summed E-state index contributed by atoms with van der Waals surface area (Å²) in [5.74, 6) is -0.772. The molecule has 0 spiro atoms. The lowest BCUT2D eigenvalue weighted by molar-refractivity contribution is 0.102. The predicted octanol–water partition coefficient (Wildman–Crippen LogP) is 3.17. The number of carbonyl (C=O) groups excluding carboxylic acids is 1. The monoisotopic (exact) mass is 296 g/mol. The smallest absolute Gasteiger partial charge is 0.259 e. The summed E-state index contributed by atoms with van der Waals surface area (Å²) in [7, 11) is 0. The van der Waals surface area contributed by atoms with Gasteiger partial charge in [-0.25, -0.2) is 4.39 Å². The Morgan fingerprint density at radius 3 is 2.86 bits per heavy atom. The van der Waals surface area contributed by atoms with Crippen LogP contribution in [0.1, 0.15) is 15.9 Å². The number of carbonyl (C=O) groups is 1. The Morgan fingerprint density at radius 2 is 2.14 bits per heavy atom. The van der Waals surface area contributed by atoms with E-state index in [1.54, 1.807) is 37.5 Å². The van der Waals surface area contributed by atoms with Gasteiger partial charge in [-0.3, -0.25) is 14.9 Å². The van der Waals surface area contributed by atoms with E-state index in [-0.39, 0.29) is 5.56 Å². The lowest BCUT2D eigenvalue weighted by Gasteiger charge is -2.03. The average molecular weight is 296 g/mol. The van der Waals surface area contributed by atoms with E-state index in [2.05, 4.69) is 20.5 Å². The molecule has 1 aromatic carbocycles. The maximum atomic E-state index is 13.8. The average Bonchev–Trinajstić information content (AvgIpc) is 2.96. The molecule has 1 amide bonds. The van der Waals surface area contributed by atoms with Crippen LogP contribution in [0.4, 0.5) is 10.2 Å². The Morgan fingerprint density at radius 1 is 1.27 bits per heavy atom. The molecule has 0 atom stereocenters. The first-order chi connectivity index (χ1) is 10.6. The number of hydrogen-bond acceptors (Lipinski definition) is 3. The highest BCUT2D eigenvalue weighted by atomic mass is 19.1. The fraction of sp³-hybridized carbons (Fsp3) is 0.0625. The minimum Gasteiger partial charge on any atom is -0.305 e. The van der Waals surface area contributed by atoms with E-state index in [4.69, 9.17) is 0 Å². The molecule has 110 valence electrons. The molecule has 3 aromatic rings. The van der Waals surface area contributed by atoms with Gasteiger partial charge in [0.15, 0.2) is 5.82 Å². The maximum absolute atomic E-state index is 13.8. The highest BCUT2D eigenvalue weighted by molar-refractivity contribution is 6.04. The molecule has 0 saturated carbocycles. The molecule has 5 nitrogen and oxygen atoms in total. The third kappa shape index (κ3) is 2.85. The van der Waals surface area contributed by atoms with Crippen LogP contribution in [0.25, 0.3) is 11.3 Å². The van der Waals surface area contributed by atoms with Crippen molar-refractivity contribution in [2.75, 3.05) is 5.32 Å². The molecule has 22 heavy (non-hydrogen) atoms. The van der Waals surface area contributed by atoms with Gasteiger partial charge in [-0.15, -0.1) is 0 Å². The van der Waals surface area contributed by atoms with Gasteiger partial charge in [-0.1, -0.05) is 6.07 Å². The zero-order valence-electron chi connectivity index (χ0n) is 11.8. The van der Waals surface area contributed by atoms with E-state index in [1.165, 1.54) is 12.1 Å². The topological polar surface area (TPSA) is 70.7 Å². The lowest BCUT2D eigenvalue weighted by atomic mass is 10.1. The summed E-state index contributed by atoms with van der Waals surface area (Å²) in [6.45, 7) is 1.76. The SMILES string of the molecule is Cc1ccc(C(=O)Nc2cc(-c3cccnc3)[nH]n2)c(F)c1. The number of rotatable bonds is 3. The quantitative estimate of drug-likeness (QED) is 0.780. The van der Waals surface area contributed by atoms with Gasteiger partial charge in [0.05, 0.1) is 11.3 Å². The second-order valence-corrected chi connectivity index (χ2v) is 4.85. The molecular weight excluding hydrogens is 283 g/mol. The zero-order valence-corrected chi connectivity index (χ0v) is 11.8. The van der Waals surface area contributed by atoms with Crippen LogP contribution in [-0.2, 0) is 0 Å². The first-order valence-corrected chi connectivity index (χ1v) is 6.67. The fourth-order valence-corrected chi connectivity index (χ4v) is 2.04. The van der Waals surface area contributed by atoms with Gasteiger partial charge in [0.1, 0.15) is 5.82 Å². The third-order valence-corrected chi connectivity index (χ3v) is 3.16. The number of anilines is 1. The Balaban J connectivity index is 1.79. The van der Waals surface area contributed by atoms with Crippen molar-refractivity contribution in [3.63, 3.8) is 0 Å². The number of aromatic amines is 1. The van der Waals surface area contributed by atoms with Crippen molar-refractivity contribution < 1.29 is 9.18 Å². The van der Waals surface area contributed by atoms with Gasteiger partial charge in [0.2, 0.25) is 0 Å². The number of nitrogens with zero attached hydrogens (tertiary/aromatic N) is 2. The van der Waals surface area contributed by atoms with Crippen molar-refractivity contribution in [1.82, 2.24) is 15.2 Å². The summed E-state index contributed by atoms with van der Waals surface area (Å²) in [4.78, 5) is 16.1. The highest BCUT2D eigenvalue weighted by Gasteiger charge is 2.13. The van der Waals surface area contributed by atoms with Crippen LogP contribution >= 0.6 is 0 Å². The second kappa shape index (κ2) is 5.77. The number of nitrogens with one attached hydrogen (secondary N) is 2. The molecule has 0 aliphatic heterocycles. The zero-order chi connectivity index (χ0) is 15.5. The van der Waals surface area contributed by atoms with Crippen molar-refractivity contribution >= 4 is 11.7 Å². The highest BCUT2D eigenvalue weighted by Crippen LogP contribution is 2.19. The molecule has 2 N–H and O–H groups in total. The Hall–Kier alpha value is -3.02. The Labute approximate surface area is 126 Å². The number of amides is 1. The number of hydrogen-bond donors (Lipinski definition) is 2. The number of aromatic nitrogens is 3. The standard InChI is InChI=1S/C16H13FN4O/c1-10-4-5-12(13(17)7-10)16(22)19-15-8-14(20-21-15)11-3-2-6-18-9-11/h2-9H,1H3,(H2,19,20,21,22). The molecular formula is C16H13FN4O. The minimum absolute atomic E-state index is 0.0171. The van der Waals surface area contributed by atoms with Gasteiger partial charge in [-0.05, 0) is 36.8 Å². The normalized spacial score (nSPS) is 10.5. The first-order valence-electron chi connectivity index (χ1n) is 6.67. The third-order valence-electron chi connectivity index (χ3n) is 3.16. The predicted molar refractivity (Wildman–Crippen MR) is 80.9 cm³/mol. The first kappa shape index (κ1) is 13.9. The van der Waals surface area contributed by atoms with Crippen molar-refractivity contribution in [2.24, 2.45) is 0 Å². The van der Waals surface area contributed by atoms with Crippen molar-refractivity contribution in [3.8, 4) is 11.3 Å². The number of benzene rings is 1. The van der Waals surface area contributed by atoms with Crippen LogP contribution in [0.2, 0.25) is 0 Å². The van der Waals surface area contributed by atoms with Crippen LogP contribution in [-0.4, -0.2) is 21.1 Å². The maximum Gasteiger partial charge on any atom is 0.259 e. The molecule has 3 rings (SSSR count). The molecule has 0 unspecified atom stereocenters. The largest absolute Gasteiger partial charge is 0.305 e. The van der Waals surface area contributed by atoms with Crippen LogP contribution in [0.15, 0.2) is 48.8 Å². The minimum atomic E-state index is -0.555. The van der Waals surface area contributed by atoms with Gasteiger partial charge in [0.25, 0.3) is 5.91 Å². The summed E-state index contributed by atoms with van der Waals surface area (Å²) in [6, 6.07) is 9.79. The van der Waals surface area contributed by atoms with Crippen LogP contribution in [0.5, 0.6) is 0 Å². The van der Waals surface area contributed by atoms with E-state index >= 15 is 0 Å². The molecule has 0 aliphatic carbocycles. The molecule has 0 aliphatic rings. The van der Waals surface area contributed by atoms with Crippen LogP contribution in [0, 0.1) is 12.7 Å². The van der Waals surface area contributed by atoms with Crippen molar-refractivity contribution in [2.45, 2.75) is 6.92 Å². The number of H-pyrrole nitrogens is 1. The molecule has 0 fully saturated rings. The summed E-state index contributed by atoms with van der Waals surface area (Å²) >= 11 is 0. The van der Waals surface area contributed by atoms with Crippen molar-refractivity contribution in [1.29, 1.82) is 0 Å². The van der Waals surface area contributed by atoms with E-state index in [9.17, 15) is 9.18 Å². The Bertz CT molecular complexity index is 814. The van der Waals surface area contributed by atoms with Crippen molar-refractivity contribution in [3.05, 3.63) is 65.7 Å². The van der Waals surface area contributed by atoms with E-state index < -0.39 is 11.7 Å². The molecule has 0 radical (unpaired) electrons. The number of aryl methyl sites for hydroxylation is 1. The summed E-state index contributed by atoms with van der Waals surface area (Å²) in [5, 5.41) is 9.37. The van der Waals surface area contributed by atoms with Gasteiger partial charge < -0.3 is 5.32 Å². The van der Waals surface area contributed by atoms with Crippen LogP contribution < -0.4 is 5.32 Å². The van der Waals surface area contributed by atoms with Crippen LogP contribution in [0.3, 0.4) is 0 Å². The molecule has 0 saturated heterocycles. The van der Waals surface area contributed by atoms with Gasteiger partial charge >= 0.3 is 0 Å². The molecule has 6 heteroatoms. The molecule has 2 heterocycles. The van der Waals surface area contributed by atoms with E-state index in [0.29, 0.717) is 11.5 Å². The molecule has 2 aromatic heterocycles. The van der Waals surface area contributed by atoms with E-state index in [0.717, 1.165) is 11.1 Å². The summed E-state index contributed by atoms with van der Waals surface area (Å²) in [6.07, 6.45) is 3.35. The number of halogens is 1. The summed E-state index contributed by atoms with van der Waals surface area (Å²) < 4.78 is 13.8. The number of pyridine rings is 1. The second-order valence-electron chi connectivity index (χ2n) is 4.85. The summed E-state index contributed by atoms with van der Waals surface area (Å²) in [5.41, 5.74) is 2.30. The van der Waals surface area contributed by atoms with Gasteiger partial charge in [0, 0.05) is 24.0 Å². The fourth-order valence-electron chi connectivity index (χ4n) is 2.04. The van der Waals surface area contributed by atoms with Gasteiger partial charge in [-0.2, -0.15) is 5.10 Å². The Kier molecular flexibility index (Phi) is 3.65. The lowest BCUT2D eigenvalue weighted by Crippen LogP contribution is -2.14. The van der Waals surface area contributed by atoms with E-state index in [1.807, 2.05) is 6.07 Å². The molecule has 0 bridgehead atoms.